The summed E-state index contributed by atoms with van der Waals surface area (Å²) in [7, 11) is 0. The highest BCUT2D eigenvalue weighted by Gasteiger charge is 2.17. The standard InChI is InChI=1S/C32H38O2S.C2H6/c1-10-23-21-25(32(7,8)9)14-18-29(23)33-22(3)20-27-17-19-30(35-27)28(11-2)34-26-15-12-24(13-16-26)31(4,5)6;1-2/h12-19,21H,2-3,10,20H2,1,4-9H3;1-2H3. The Balaban J connectivity index is 0.00000235. The molecule has 1 aromatic heterocycles. The van der Waals surface area contributed by atoms with Gasteiger partial charge in [-0.2, -0.15) is 0 Å². The quantitative estimate of drug-likeness (QED) is 0.219. The van der Waals surface area contributed by atoms with Crippen molar-refractivity contribution < 1.29 is 9.47 Å². The lowest BCUT2D eigenvalue weighted by Crippen LogP contribution is -2.11. The topological polar surface area (TPSA) is 18.5 Å². The number of allylic oxidation sites excluding steroid dienone is 1. The molecule has 0 atom stereocenters. The largest absolute Gasteiger partial charge is 0.462 e. The van der Waals surface area contributed by atoms with E-state index in [9.17, 15) is 0 Å². The predicted octanol–water partition coefficient (Wildman–Crippen LogP) is 10.3. The summed E-state index contributed by atoms with van der Waals surface area (Å²) in [6.07, 6.45) is 1.55. The summed E-state index contributed by atoms with van der Waals surface area (Å²) in [4.78, 5) is 2.13. The average molecular weight is 517 g/mol. The monoisotopic (exact) mass is 516 g/mol. The Labute approximate surface area is 229 Å². The molecule has 37 heavy (non-hydrogen) atoms. The van der Waals surface area contributed by atoms with Crippen molar-refractivity contribution in [3.8, 4) is 11.5 Å². The fourth-order valence-electron chi connectivity index (χ4n) is 3.72. The predicted molar refractivity (Wildman–Crippen MR) is 162 cm³/mol. The van der Waals surface area contributed by atoms with Crippen molar-refractivity contribution in [3.05, 3.63) is 106 Å². The van der Waals surface area contributed by atoms with Crippen molar-refractivity contribution in [2.24, 2.45) is 0 Å². The van der Waals surface area contributed by atoms with E-state index in [0.717, 1.165) is 33.4 Å². The third kappa shape index (κ3) is 8.52. The van der Waals surface area contributed by atoms with E-state index >= 15 is 0 Å². The molecular weight excluding hydrogens is 472 g/mol. The minimum Gasteiger partial charge on any atom is -0.462 e. The molecule has 0 bridgehead atoms. The van der Waals surface area contributed by atoms with E-state index in [1.54, 1.807) is 11.3 Å². The Morgan fingerprint density at radius 3 is 1.97 bits per heavy atom. The number of aryl methyl sites for hydroxylation is 1. The van der Waals surface area contributed by atoms with Crippen LogP contribution in [-0.4, -0.2) is 0 Å². The van der Waals surface area contributed by atoms with Gasteiger partial charge in [0.1, 0.15) is 17.3 Å². The smallest absolute Gasteiger partial charge is 0.186 e. The minimum atomic E-state index is 0.106. The molecule has 198 valence electrons. The number of hydrogen-bond acceptors (Lipinski definition) is 3. The van der Waals surface area contributed by atoms with Crippen molar-refractivity contribution in [2.45, 2.75) is 86.0 Å². The van der Waals surface area contributed by atoms with Gasteiger partial charge in [0.05, 0.1) is 4.88 Å². The number of rotatable bonds is 8. The van der Waals surface area contributed by atoms with Gasteiger partial charge in [-0.1, -0.05) is 105 Å². The second-order valence-corrected chi connectivity index (χ2v) is 12.1. The molecule has 0 aliphatic rings. The van der Waals surface area contributed by atoms with Gasteiger partial charge >= 0.3 is 0 Å². The first kappa shape index (κ1) is 30.2. The third-order valence-corrected chi connectivity index (χ3v) is 7.00. The zero-order valence-corrected chi connectivity index (χ0v) is 25.1. The summed E-state index contributed by atoms with van der Waals surface area (Å²) >= 11 is 1.64. The second kappa shape index (κ2) is 13.0. The van der Waals surface area contributed by atoms with Crippen LogP contribution in [0.5, 0.6) is 11.5 Å². The van der Waals surface area contributed by atoms with Gasteiger partial charge < -0.3 is 9.47 Å². The SMILES string of the molecule is C=C=C(Oc1ccc(C(C)(C)C)cc1)c1ccc(CC(=C)Oc2ccc(C(C)(C)C)cc2CC)s1.CC. The van der Waals surface area contributed by atoms with Crippen LogP contribution in [0.4, 0.5) is 0 Å². The molecule has 1 heterocycles. The van der Waals surface area contributed by atoms with E-state index < -0.39 is 0 Å². The first-order valence-corrected chi connectivity index (χ1v) is 14.0. The molecule has 3 rings (SSSR count). The molecule has 0 spiro atoms. The van der Waals surface area contributed by atoms with Crippen LogP contribution in [0.1, 0.15) is 88.8 Å². The lowest BCUT2D eigenvalue weighted by atomic mass is 9.86. The van der Waals surface area contributed by atoms with E-state index in [2.05, 4.69) is 104 Å². The van der Waals surface area contributed by atoms with E-state index in [0.29, 0.717) is 12.2 Å². The lowest BCUT2D eigenvalue weighted by molar-refractivity contribution is 0.412. The number of hydrogen-bond donors (Lipinski definition) is 0. The fraction of sp³-hybridized carbons (Fsp3) is 0.382. The van der Waals surface area contributed by atoms with Crippen molar-refractivity contribution >= 4 is 17.1 Å². The Kier molecular flexibility index (Phi) is 10.6. The van der Waals surface area contributed by atoms with Crippen LogP contribution in [0.2, 0.25) is 0 Å². The first-order chi connectivity index (χ1) is 17.4. The van der Waals surface area contributed by atoms with Crippen molar-refractivity contribution in [1.82, 2.24) is 0 Å². The van der Waals surface area contributed by atoms with E-state index in [4.69, 9.17) is 9.47 Å². The van der Waals surface area contributed by atoms with Crippen LogP contribution in [0.15, 0.2) is 79.2 Å². The van der Waals surface area contributed by atoms with Crippen molar-refractivity contribution in [3.63, 3.8) is 0 Å². The van der Waals surface area contributed by atoms with Gasteiger partial charge in [0, 0.05) is 11.3 Å². The van der Waals surface area contributed by atoms with Gasteiger partial charge in [-0.3, -0.25) is 0 Å². The molecule has 2 nitrogen and oxygen atoms in total. The molecule has 0 N–H and O–H groups in total. The summed E-state index contributed by atoms with van der Waals surface area (Å²) in [5.74, 6) is 3.01. The maximum Gasteiger partial charge on any atom is 0.186 e. The number of ether oxygens (including phenoxy) is 2. The minimum absolute atomic E-state index is 0.106. The molecule has 0 saturated carbocycles. The summed E-state index contributed by atoms with van der Waals surface area (Å²) in [5, 5.41) is 0. The highest BCUT2D eigenvalue weighted by molar-refractivity contribution is 7.13. The Hall–Kier alpha value is -3.00. The van der Waals surface area contributed by atoms with Gasteiger partial charge in [0.15, 0.2) is 5.76 Å². The van der Waals surface area contributed by atoms with Gasteiger partial charge in [0.25, 0.3) is 0 Å². The molecule has 0 saturated heterocycles. The normalized spacial score (nSPS) is 11.2. The van der Waals surface area contributed by atoms with Gasteiger partial charge in [-0.05, 0) is 64.3 Å². The molecule has 0 aliphatic heterocycles. The maximum absolute atomic E-state index is 6.18. The van der Waals surface area contributed by atoms with Crippen LogP contribution in [0.3, 0.4) is 0 Å². The van der Waals surface area contributed by atoms with Gasteiger partial charge in [0.2, 0.25) is 0 Å². The summed E-state index contributed by atoms with van der Waals surface area (Å²) < 4.78 is 12.3. The molecule has 2 aromatic carbocycles. The lowest BCUT2D eigenvalue weighted by Gasteiger charge is -2.21. The Morgan fingerprint density at radius 1 is 0.838 bits per heavy atom. The van der Waals surface area contributed by atoms with Crippen molar-refractivity contribution in [2.75, 3.05) is 0 Å². The van der Waals surface area contributed by atoms with E-state index in [1.807, 2.05) is 32.0 Å². The summed E-state index contributed by atoms with van der Waals surface area (Å²) in [5.41, 5.74) is 6.95. The molecule has 0 fully saturated rings. The molecule has 0 radical (unpaired) electrons. The molecule has 3 heteroatoms. The molecule has 0 unspecified atom stereocenters. The van der Waals surface area contributed by atoms with Crippen LogP contribution in [0.25, 0.3) is 5.76 Å². The molecule has 0 aliphatic carbocycles. The van der Waals surface area contributed by atoms with Crippen molar-refractivity contribution in [1.29, 1.82) is 0 Å². The van der Waals surface area contributed by atoms with Crippen LogP contribution >= 0.6 is 11.3 Å². The van der Waals surface area contributed by atoms with Crippen LogP contribution in [0, 0.1) is 0 Å². The maximum atomic E-state index is 6.18. The van der Waals surface area contributed by atoms with Crippen LogP contribution < -0.4 is 9.47 Å². The second-order valence-electron chi connectivity index (χ2n) is 10.9. The fourth-order valence-corrected chi connectivity index (χ4v) is 4.71. The van der Waals surface area contributed by atoms with Gasteiger partial charge in [-0.25, -0.2) is 0 Å². The number of thiophene rings is 1. The van der Waals surface area contributed by atoms with E-state index in [1.165, 1.54) is 16.7 Å². The highest BCUT2D eigenvalue weighted by atomic mass is 32.1. The first-order valence-electron chi connectivity index (χ1n) is 13.2. The zero-order chi connectivity index (χ0) is 27.8. The third-order valence-electron chi connectivity index (χ3n) is 5.92. The average Bonchev–Trinajstić information content (AvgIpc) is 3.31. The molecule has 3 aromatic rings. The molecular formula is C34H44O2S. The summed E-state index contributed by atoms with van der Waals surface area (Å²) in [6, 6.07) is 18.8. The molecule has 0 amide bonds. The number of benzene rings is 2. The zero-order valence-electron chi connectivity index (χ0n) is 24.2. The van der Waals surface area contributed by atoms with Crippen LogP contribution in [-0.2, 0) is 23.7 Å². The van der Waals surface area contributed by atoms with Gasteiger partial charge in [-0.15, -0.1) is 11.3 Å². The Morgan fingerprint density at radius 2 is 1.43 bits per heavy atom. The van der Waals surface area contributed by atoms with E-state index in [-0.39, 0.29) is 10.8 Å². The Bertz CT molecular complexity index is 1220. The highest BCUT2D eigenvalue weighted by Crippen LogP contribution is 2.32. The summed E-state index contributed by atoms with van der Waals surface area (Å²) in [6.45, 7) is 27.5.